The molecule has 2 aromatic rings. The van der Waals surface area contributed by atoms with Gasteiger partial charge >= 0.3 is 12.1 Å². The highest BCUT2D eigenvalue weighted by Crippen LogP contribution is 2.42. The minimum Gasteiger partial charge on any atom is -0.478 e. The van der Waals surface area contributed by atoms with Gasteiger partial charge in [-0.3, -0.25) is 0 Å². The van der Waals surface area contributed by atoms with Crippen molar-refractivity contribution in [2.24, 2.45) is 0 Å². The maximum atomic E-state index is 13.5. The molecule has 8 heteroatoms. The van der Waals surface area contributed by atoms with Crippen LogP contribution in [0.5, 0.6) is 0 Å². The molecule has 0 aliphatic rings. The van der Waals surface area contributed by atoms with E-state index in [1.165, 1.54) is 31.2 Å². The first-order valence-corrected chi connectivity index (χ1v) is 7.98. The van der Waals surface area contributed by atoms with Crippen molar-refractivity contribution < 1.29 is 28.2 Å². The Labute approximate surface area is 157 Å². The largest absolute Gasteiger partial charge is 0.478 e. The molecular weight excluding hydrogens is 392 g/mol. The summed E-state index contributed by atoms with van der Waals surface area (Å²) in [4.78, 5) is 11.0. The van der Waals surface area contributed by atoms with Gasteiger partial charge in [-0.1, -0.05) is 41.4 Å². The molecule has 0 aliphatic heterocycles. The van der Waals surface area contributed by atoms with Crippen molar-refractivity contribution >= 4 is 35.2 Å². The Morgan fingerprint density at radius 3 is 2.12 bits per heavy atom. The standard InChI is InChI=1S/C18H13Cl2F3O3/c1-10-6-11(2-3-15(10)16(24)25)4-5-17(26,18(21,22)23)12-7-13(19)9-14(20)8-12/h2-9,26H,1H3,(H,24,25)/b5-4+. The van der Waals surface area contributed by atoms with Crippen LogP contribution in [0.25, 0.3) is 6.08 Å². The number of aromatic carboxylic acids is 1. The molecule has 26 heavy (non-hydrogen) atoms. The molecule has 0 spiro atoms. The minimum atomic E-state index is -5.03. The fraction of sp³-hybridized carbons (Fsp3) is 0.167. The van der Waals surface area contributed by atoms with Crippen LogP contribution in [-0.2, 0) is 5.60 Å². The van der Waals surface area contributed by atoms with E-state index in [9.17, 15) is 23.1 Å². The zero-order valence-corrected chi connectivity index (χ0v) is 14.8. The van der Waals surface area contributed by atoms with E-state index in [-0.39, 0.29) is 15.6 Å². The Bertz CT molecular complexity index is 858. The number of aliphatic hydroxyl groups is 1. The zero-order valence-electron chi connectivity index (χ0n) is 13.3. The minimum absolute atomic E-state index is 0.0369. The zero-order chi connectivity index (χ0) is 19.7. The number of alkyl halides is 3. The Kier molecular flexibility index (Phi) is 5.70. The van der Waals surface area contributed by atoms with Gasteiger partial charge in [-0.2, -0.15) is 13.2 Å². The third-order valence-corrected chi connectivity index (χ3v) is 4.17. The molecule has 2 aromatic carbocycles. The average Bonchev–Trinajstić information content (AvgIpc) is 2.50. The van der Waals surface area contributed by atoms with E-state index in [2.05, 4.69) is 0 Å². The molecule has 0 aromatic heterocycles. The van der Waals surface area contributed by atoms with Crippen molar-refractivity contribution in [2.45, 2.75) is 18.7 Å². The number of benzene rings is 2. The van der Waals surface area contributed by atoms with Crippen LogP contribution in [-0.4, -0.2) is 22.4 Å². The molecule has 0 aliphatic carbocycles. The molecule has 0 radical (unpaired) electrons. The molecule has 0 fully saturated rings. The summed E-state index contributed by atoms with van der Waals surface area (Å²) in [6.45, 7) is 1.52. The molecule has 0 bridgehead atoms. The first-order chi connectivity index (χ1) is 11.9. The number of rotatable bonds is 4. The Morgan fingerprint density at radius 2 is 1.65 bits per heavy atom. The summed E-state index contributed by atoms with van der Waals surface area (Å²) in [6, 6.07) is 7.23. The van der Waals surface area contributed by atoms with Gasteiger partial charge in [0.05, 0.1) is 5.56 Å². The van der Waals surface area contributed by atoms with Crippen molar-refractivity contribution in [1.29, 1.82) is 0 Å². The molecule has 3 nitrogen and oxygen atoms in total. The fourth-order valence-corrected chi connectivity index (χ4v) is 2.90. The van der Waals surface area contributed by atoms with Crippen LogP contribution in [0, 0.1) is 6.92 Å². The van der Waals surface area contributed by atoms with Gasteiger partial charge in [0.25, 0.3) is 0 Å². The molecule has 0 saturated heterocycles. The van der Waals surface area contributed by atoms with Gasteiger partial charge < -0.3 is 10.2 Å². The van der Waals surface area contributed by atoms with Crippen molar-refractivity contribution in [3.63, 3.8) is 0 Å². The topological polar surface area (TPSA) is 57.5 Å². The molecule has 0 saturated carbocycles. The van der Waals surface area contributed by atoms with Crippen molar-refractivity contribution in [1.82, 2.24) is 0 Å². The van der Waals surface area contributed by atoms with E-state index in [1.54, 1.807) is 0 Å². The third kappa shape index (κ3) is 4.20. The first-order valence-electron chi connectivity index (χ1n) is 7.23. The predicted molar refractivity (Wildman–Crippen MR) is 93.6 cm³/mol. The van der Waals surface area contributed by atoms with Gasteiger partial charge in [0, 0.05) is 10.0 Å². The lowest BCUT2D eigenvalue weighted by molar-refractivity contribution is -0.244. The van der Waals surface area contributed by atoms with Gasteiger partial charge in [0.1, 0.15) is 0 Å². The van der Waals surface area contributed by atoms with Gasteiger partial charge in [0.2, 0.25) is 5.60 Å². The average molecular weight is 405 g/mol. The number of halogens is 5. The lowest BCUT2D eigenvalue weighted by Crippen LogP contribution is -2.40. The Balaban J connectivity index is 2.50. The number of aryl methyl sites for hydroxylation is 1. The molecular formula is C18H13Cl2F3O3. The summed E-state index contributed by atoms with van der Waals surface area (Å²) in [5.74, 6) is -1.14. The highest BCUT2D eigenvalue weighted by Gasteiger charge is 2.53. The summed E-state index contributed by atoms with van der Waals surface area (Å²) in [5.41, 5.74) is -3.14. The molecule has 2 N–H and O–H groups in total. The van der Waals surface area contributed by atoms with E-state index < -0.39 is 23.3 Å². The van der Waals surface area contributed by atoms with Gasteiger partial charge in [-0.15, -0.1) is 0 Å². The molecule has 1 atom stereocenters. The number of hydrogen-bond donors (Lipinski definition) is 2. The van der Waals surface area contributed by atoms with Crippen molar-refractivity contribution in [3.8, 4) is 0 Å². The summed E-state index contributed by atoms with van der Waals surface area (Å²) < 4.78 is 40.6. The van der Waals surface area contributed by atoms with Gasteiger partial charge in [-0.05, 0) is 54.0 Å². The second-order valence-electron chi connectivity index (χ2n) is 5.64. The molecule has 0 amide bonds. The van der Waals surface area contributed by atoms with Crippen LogP contribution in [0.1, 0.15) is 27.0 Å². The van der Waals surface area contributed by atoms with Crippen LogP contribution in [0.4, 0.5) is 13.2 Å². The maximum Gasteiger partial charge on any atom is 0.425 e. The number of carboxylic acid groups (broad SMARTS) is 1. The van der Waals surface area contributed by atoms with E-state index in [0.717, 1.165) is 18.2 Å². The van der Waals surface area contributed by atoms with Gasteiger partial charge in [-0.25, -0.2) is 4.79 Å². The molecule has 0 heterocycles. The number of hydrogen-bond acceptors (Lipinski definition) is 2. The SMILES string of the molecule is Cc1cc(/C=C/C(O)(c2cc(Cl)cc(Cl)c2)C(F)(F)F)ccc1C(=O)O. The molecule has 138 valence electrons. The lowest BCUT2D eigenvalue weighted by atomic mass is 9.91. The number of carboxylic acids is 1. The Morgan fingerprint density at radius 1 is 1.08 bits per heavy atom. The normalized spacial score (nSPS) is 14.4. The predicted octanol–water partition coefficient (Wildman–Crippen LogP) is 5.46. The summed E-state index contributed by atoms with van der Waals surface area (Å²) >= 11 is 11.5. The van der Waals surface area contributed by atoms with E-state index in [1.807, 2.05) is 0 Å². The van der Waals surface area contributed by atoms with Gasteiger partial charge in [0.15, 0.2) is 0 Å². The summed E-state index contributed by atoms with van der Waals surface area (Å²) in [7, 11) is 0. The third-order valence-electron chi connectivity index (χ3n) is 3.73. The summed E-state index contributed by atoms with van der Waals surface area (Å²) in [6.07, 6.45) is -3.40. The maximum absolute atomic E-state index is 13.5. The van der Waals surface area contributed by atoms with Crippen LogP contribution in [0.3, 0.4) is 0 Å². The summed E-state index contributed by atoms with van der Waals surface area (Å²) in [5, 5.41) is 19.2. The van der Waals surface area contributed by atoms with Crippen molar-refractivity contribution in [3.05, 3.63) is 74.8 Å². The smallest absolute Gasteiger partial charge is 0.425 e. The van der Waals surface area contributed by atoms with Crippen LogP contribution in [0.2, 0.25) is 10.0 Å². The second kappa shape index (κ2) is 7.31. The van der Waals surface area contributed by atoms with E-state index in [4.69, 9.17) is 28.3 Å². The van der Waals surface area contributed by atoms with E-state index >= 15 is 0 Å². The first kappa shape index (κ1) is 20.3. The highest BCUT2D eigenvalue weighted by atomic mass is 35.5. The molecule has 2 rings (SSSR count). The van der Waals surface area contributed by atoms with E-state index in [0.29, 0.717) is 17.2 Å². The van der Waals surface area contributed by atoms with Crippen LogP contribution in [0.15, 0.2) is 42.5 Å². The Hall–Kier alpha value is -2.02. The number of carbonyl (C=O) groups is 1. The quantitative estimate of drug-likeness (QED) is 0.710. The lowest BCUT2D eigenvalue weighted by Gasteiger charge is -2.28. The van der Waals surface area contributed by atoms with Crippen LogP contribution >= 0.6 is 23.2 Å². The second-order valence-corrected chi connectivity index (χ2v) is 6.51. The molecule has 1 unspecified atom stereocenters. The highest BCUT2D eigenvalue weighted by molar-refractivity contribution is 6.34. The monoisotopic (exact) mass is 404 g/mol. The van der Waals surface area contributed by atoms with Crippen LogP contribution < -0.4 is 0 Å². The van der Waals surface area contributed by atoms with Crippen molar-refractivity contribution in [2.75, 3.05) is 0 Å². The fourth-order valence-electron chi connectivity index (χ4n) is 2.38.